The Bertz CT molecular complexity index is 793. The molecule has 1 N–H and O–H groups in total. The predicted octanol–water partition coefficient (Wildman–Crippen LogP) is 4.24. The fourth-order valence-corrected chi connectivity index (χ4v) is 5.14. The van der Waals surface area contributed by atoms with Crippen molar-refractivity contribution in [2.24, 2.45) is 11.8 Å². The molecule has 0 aliphatic heterocycles. The molecule has 1 fully saturated rings. The van der Waals surface area contributed by atoms with Crippen molar-refractivity contribution in [3.8, 4) is 0 Å². The molecule has 1 aromatic heterocycles. The van der Waals surface area contributed by atoms with Crippen molar-refractivity contribution in [1.82, 2.24) is 10.3 Å². The standard InChI is InChI=1S/C17H21N3O3S2/c1-10-4-3-5-13(11(10)2)18-16(21)9-24-17-19-14-7-6-12(20(22)23)8-15(14)25-17/h6-8,10-11,13H,3-5,9H2,1-2H3,(H,18,21)/t10-,11+,13-/m0/s1. The number of nitro benzene ring substituents is 1. The minimum Gasteiger partial charge on any atom is -0.352 e. The Labute approximate surface area is 154 Å². The maximum atomic E-state index is 12.3. The van der Waals surface area contributed by atoms with Crippen LogP contribution in [0.2, 0.25) is 0 Å². The summed E-state index contributed by atoms with van der Waals surface area (Å²) in [5.41, 5.74) is 0.791. The van der Waals surface area contributed by atoms with Gasteiger partial charge in [0.05, 0.1) is 20.9 Å². The third-order valence-electron chi connectivity index (χ3n) is 4.94. The minimum atomic E-state index is -0.411. The third kappa shape index (κ3) is 4.30. The van der Waals surface area contributed by atoms with Crippen LogP contribution in [0.5, 0.6) is 0 Å². The van der Waals surface area contributed by atoms with Crippen LogP contribution in [0.3, 0.4) is 0 Å². The fourth-order valence-electron chi connectivity index (χ4n) is 3.23. The van der Waals surface area contributed by atoms with Crippen molar-refractivity contribution in [3.05, 3.63) is 28.3 Å². The van der Waals surface area contributed by atoms with Gasteiger partial charge in [-0.15, -0.1) is 11.3 Å². The highest BCUT2D eigenvalue weighted by Gasteiger charge is 2.28. The topological polar surface area (TPSA) is 85.1 Å². The molecule has 1 aromatic carbocycles. The van der Waals surface area contributed by atoms with E-state index in [0.717, 1.165) is 21.0 Å². The summed E-state index contributed by atoms with van der Waals surface area (Å²) in [5.74, 6) is 1.50. The van der Waals surface area contributed by atoms with Gasteiger partial charge < -0.3 is 5.32 Å². The first-order chi connectivity index (χ1) is 11.9. The molecule has 6 nitrogen and oxygen atoms in total. The average molecular weight is 380 g/mol. The highest BCUT2D eigenvalue weighted by atomic mass is 32.2. The molecule has 1 amide bonds. The first-order valence-electron chi connectivity index (χ1n) is 8.41. The Morgan fingerprint density at radius 3 is 3.00 bits per heavy atom. The molecular formula is C17H21N3O3S2. The van der Waals surface area contributed by atoms with Crippen LogP contribution in [0, 0.1) is 22.0 Å². The minimum absolute atomic E-state index is 0.0289. The Kier molecular flexibility index (Phi) is 5.58. The Morgan fingerprint density at radius 1 is 1.44 bits per heavy atom. The van der Waals surface area contributed by atoms with Gasteiger partial charge >= 0.3 is 0 Å². The monoisotopic (exact) mass is 379 g/mol. The fraction of sp³-hybridized carbons (Fsp3) is 0.529. The average Bonchev–Trinajstić information content (AvgIpc) is 2.99. The number of thiazole rings is 1. The molecule has 134 valence electrons. The number of hydrogen-bond acceptors (Lipinski definition) is 6. The van der Waals surface area contributed by atoms with Crippen LogP contribution in [-0.2, 0) is 4.79 Å². The van der Waals surface area contributed by atoms with E-state index in [1.54, 1.807) is 6.07 Å². The number of nitrogens with zero attached hydrogens (tertiary/aromatic N) is 2. The number of aromatic nitrogens is 1. The lowest BCUT2D eigenvalue weighted by molar-refractivity contribution is -0.384. The Hall–Kier alpha value is -1.67. The van der Waals surface area contributed by atoms with Crippen molar-refractivity contribution in [2.45, 2.75) is 43.5 Å². The number of thioether (sulfide) groups is 1. The van der Waals surface area contributed by atoms with E-state index in [9.17, 15) is 14.9 Å². The van der Waals surface area contributed by atoms with Crippen LogP contribution in [0.4, 0.5) is 5.69 Å². The van der Waals surface area contributed by atoms with E-state index in [0.29, 0.717) is 17.6 Å². The Balaban J connectivity index is 1.58. The molecule has 8 heteroatoms. The number of nitrogens with one attached hydrogen (secondary N) is 1. The Morgan fingerprint density at radius 2 is 2.24 bits per heavy atom. The predicted molar refractivity (Wildman–Crippen MR) is 101 cm³/mol. The number of carbonyl (C=O) groups is 1. The zero-order valence-electron chi connectivity index (χ0n) is 14.2. The second-order valence-electron chi connectivity index (χ2n) is 6.62. The number of carbonyl (C=O) groups excluding carboxylic acids is 1. The zero-order valence-corrected chi connectivity index (χ0v) is 15.9. The summed E-state index contributed by atoms with van der Waals surface area (Å²) in [7, 11) is 0. The third-order valence-corrected chi connectivity index (χ3v) is 7.10. The summed E-state index contributed by atoms with van der Waals surface area (Å²) < 4.78 is 1.53. The van der Waals surface area contributed by atoms with Gasteiger partial charge in [-0.1, -0.05) is 38.5 Å². The van der Waals surface area contributed by atoms with Crippen molar-refractivity contribution in [1.29, 1.82) is 0 Å². The van der Waals surface area contributed by atoms with Gasteiger partial charge in [-0.25, -0.2) is 4.98 Å². The van der Waals surface area contributed by atoms with Crippen LogP contribution in [0.25, 0.3) is 10.2 Å². The van der Waals surface area contributed by atoms with Gasteiger partial charge in [-0.3, -0.25) is 14.9 Å². The number of amides is 1. The van der Waals surface area contributed by atoms with E-state index in [2.05, 4.69) is 24.1 Å². The molecule has 2 aromatic rings. The zero-order chi connectivity index (χ0) is 18.0. The summed E-state index contributed by atoms with van der Waals surface area (Å²) in [6, 6.07) is 4.89. The molecule has 0 saturated heterocycles. The van der Waals surface area contributed by atoms with Crippen molar-refractivity contribution < 1.29 is 9.72 Å². The first kappa shape index (κ1) is 18.1. The molecule has 1 heterocycles. The molecule has 1 aliphatic carbocycles. The smallest absolute Gasteiger partial charge is 0.270 e. The van der Waals surface area contributed by atoms with Crippen LogP contribution < -0.4 is 5.32 Å². The molecule has 1 aliphatic rings. The maximum absolute atomic E-state index is 12.3. The molecule has 0 radical (unpaired) electrons. The largest absolute Gasteiger partial charge is 0.352 e. The van der Waals surface area contributed by atoms with Gasteiger partial charge in [-0.05, 0) is 24.3 Å². The van der Waals surface area contributed by atoms with Gasteiger partial charge in [0.25, 0.3) is 5.69 Å². The van der Waals surface area contributed by atoms with Gasteiger partial charge in [-0.2, -0.15) is 0 Å². The molecule has 3 atom stereocenters. The van der Waals surface area contributed by atoms with Crippen LogP contribution in [-0.4, -0.2) is 27.6 Å². The number of fused-ring (bicyclic) bond motifs is 1. The van der Waals surface area contributed by atoms with Crippen LogP contribution >= 0.6 is 23.1 Å². The number of benzene rings is 1. The molecule has 0 unspecified atom stereocenters. The second kappa shape index (κ2) is 7.70. The normalized spacial score (nSPS) is 23.5. The van der Waals surface area contributed by atoms with Crippen LogP contribution in [0.1, 0.15) is 33.1 Å². The molecular weight excluding hydrogens is 358 g/mol. The van der Waals surface area contributed by atoms with Gasteiger partial charge in [0, 0.05) is 18.2 Å². The highest BCUT2D eigenvalue weighted by molar-refractivity contribution is 8.01. The van der Waals surface area contributed by atoms with E-state index >= 15 is 0 Å². The van der Waals surface area contributed by atoms with Crippen molar-refractivity contribution in [2.75, 3.05) is 5.75 Å². The van der Waals surface area contributed by atoms with Crippen molar-refractivity contribution >= 4 is 44.9 Å². The lowest BCUT2D eigenvalue weighted by Gasteiger charge is -2.34. The first-order valence-corrected chi connectivity index (χ1v) is 10.2. The lowest BCUT2D eigenvalue weighted by atomic mass is 9.78. The molecule has 3 rings (SSSR count). The van der Waals surface area contributed by atoms with E-state index in [-0.39, 0.29) is 17.6 Å². The number of hydrogen-bond donors (Lipinski definition) is 1. The quantitative estimate of drug-likeness (QED) is 0.477. The van der Waals surface area contributed by atoms with Gasteiger partial charge in [0.2, 0.25) is 5.91 Å². The lowest BCUT2D eigenvalue weighted by Crippen LogP contribution is -2.44. The molecule has 0 spiro atoms. The van der Waals surface area contributed by atoms with E-state index < -0.39 is 4.92 Å². The summed E-state index contributed by atoms with van der Waals surface area (Å²) >= 11 is 2.77. The SMILES string of the molecule is C[C@H]1[C@@H](NC(=O)CSc2nc3ccc([N+](=O)[O-])cc3s2)CCC[C@@H]1C. The summed E-state index contributed by atoms with van der Waals surface area (Å²) in [6.45, 7) is 4.46. The van der Waals surface area contributed by atoms with E-state index in [1.807, 2.05) is 0 Å². The number of non-ortho nitro benzene ring substituents is 1. The van der Waals surface area contributed by atoms with Gasteiger partial charge in [0.15, 0.2) is 4.34 Å². The van der Waals surface area contributed by atoms with Crippen molar-refractivity contribution in [3.63, 3.8) is 0 Å². The number of nitro groups is 1. The molecule has 1 saturated carbocycles. The summed E-state index contributed by atoms with van der Waals surface area (Å²) in [4.78, 5) is 27.1. The van der Waals surface area contributed by atoms with Crippen LogP contribution in [0.15, 0.2) is 22.5 Å². The molecule has 0 bridgehead atoms. The maximum Gasteiger partial charge on any atom is 0.270 e. The summed E-state index contributed by atoms with van der Waals surface area (Å²) in [5, 5.41) is 14.0. The molecule has 25 heavy (non-hydrogen) atoms. The second-order valence-corrected chi connectivity index (χ2v) is 8.87. The van der Waals surface area contributed by atoms with Gasteiger partial charge in [0.1, 0.15) is 0 Å². The van der Waals surface area contributed by atoms with E-state index in [4.69, 9.17) is 0 Å². The highest BCUT2D eigenvalue weighted by Crippen LogP contribution is 2.32. The number of rotatable bonds is 5. The summed E-state index contributed by atoms with van der Waals surface area (Å²) in [6.07, 6.45) is 3.45. The van der Waals surface area contributed by atoms with E-state index in [1.165, 1.54) is 48.1 Å².